The first-order chi connectivity index (χ1) is 7.70. The van der Waals surface area contributed by atoms with E-state index in [1.165, 1.54) is 12.1 Å². The maximum Gasteiger partial charge on any atom is 0.127 e. The van der Waals surface area contributed by atoms with Crippen molar-refractivity contribution in [1.29, 1.82) is 0 Å². The molecule has 1 aromatic rings. The van der Waals surface area contributed by atoms with Gasteiger partial charge in [0, 0.05) is 24.1 Å². The molecule has 0 spiro atoms. The van der Waals surface area contributed by atoms with Crippen molar-refractivity contribution < 1.29 is 9.13 Å². The van der Waals surface area contributed by atoms with Crippen molar-refractivity contribution in [3.8, 4) is 5.75 Å². The smallest absolute Gasteiger partial charge is 0.127 e. The van der Waals surface area contributed by atoms with Crippen molar-refractivity contribution in [3.63, 3.8) is 0 Å². The number of benzene rings is 1. The number of rotatable bonds is 3. The zero-order valence-corrected chi connectivity index (χ0v) is 9.58. The Balaban J connectivity index is 2.14. The van der Waals surface area contributed by atoms with Crippen LogP contribution in [0.2, 0.25) is 0 Å². The molecular formula is C13H18FNO. The number of halogens is 1. The van der Waals surface area contributed by atoms with Crippen molar-refractivity contribution in [1.82, 2.24) is 0 Å². The van der Waals surface area contributed by atoms with E-state index in [4.69, 9.17) is 10.5 Å². The van der Waals surface area contributed by atoms with Gasteiger partial charge in [0.2, 0.25) is 0 Å². The first-order valence-electron chi connectivity index (χ1n) is 5.92. The summed E-state index contributed by atoms with van der Waals surface area (Å²) in [6.07, 6.45) is 4.25. The molecule has 2 rings (SSSR count). The van der Waals surface area contributed by atoms with E-state index in [1.54, 1.807) is 6.07 Å². The van der Waals surface area contributed by atoms with Crippen molar-refractivity contribution >= 4 is 0 Å². The van der Waals surface area contributed by atoms with E-state index in [2.05, 4.69) is 6.92 Å². The minimum Gasteiger partial charge on any atom is -0.490 e. The third kappa shape index (κ3) is 2.35. The van der Waals surface area contributed by atoms with Crippen LogP contribution >= 0.6 is 0 Å². The summed E-state index contributed by atoms with van der Waals surface area (Å²) in [4.78, 5) is 0. The van der Waals surface area contributed by atoms with Gasteiger partial charge in [-0.3, -0.25) is 0 Å². The Labute approximate surface area is 95.6 Å². The highest BCUT2D eigenvalue weighted by Gasteiger charge is 2.25. The van der Waals surface area contributed by atoms with Crippen LogP contribution in [-0.2, 0) is 0 Å². The zero-order valence-electron chi connectivity index (χ0n) is 9.58. The Morgan fingerprint density at radius 3 is 3.06 bits per heavy atom. The highest BCUT2D eigenvalue weighted by molar-refractivity contribution is 5.38. The lowest BCUT2D eigenvalue weighted by Crippen LogP contribution is -2.29. The van der Waals surface area contributed by atoms with Gasteiger partial charge in [-0.25, -0.2) is 4.39 Å². The van der Waals surface area contributed by atoms with Crippen molar-refractivity contribution in [2.75, 3.05) is 0 Å². The van der Waals surface area contributed by atoms with Crippen LogP contribution in [0.3, 0.4) is 0 Å². The molecule has 1 aliphatic rings. The van der Waals surface area contributed by atoms with Gasteiger partial charge in [0.1, 0.15) is 17.7 Å². The molecule has 0 fully saturated rings. The number of hydrogen-bond donors (Lipinski definition) is 1. The summed E-state index contributed by atoms with van der Waals surface area (Å²) in [6.45, 7) is 2.15. The normalized spacial score (nSPS) is 23.7. The molecule has 0 saturated carbocycles. The fourth-order valence-corrected chi connectivity index (χ4v) is 2.16. The molecule has 1 aromatic carbocycles. The molecule has 1 aliphatic heterocycles. The fraction of sp³-hybridized carbons (Fsp3) is 0.538. The predicted molar refractivity (Wildman–Crippen MR) is 61.9 cm³/mol. The maximum atomic E-state index is 13.1. The lowest BCUT2D eigenvalue weighted by molar-refractivity contribution is 0.146. The van der Waals surface area contributed by atoms with E-state index in [1.807, 2.05) is 0 Å². The van der Waals surface area contributed by atoms with Gasteiger partial charge in [0.15, 0.2) is 0 Å². The summed E-state index contributed by atoms with van der Waals surface area (Å²) in [5.74, 6) is 0.363. The van der Waals surface area contributed by atoms with Crippen LogP contribution in [0.5, 0.6) is 5.75 Å². The number of unbranched alkanes of at least 4 members (excludes halogenated alkanes) is 1. The van der Waals surface area contributed by atoms with Crippen molar-refractivity contribution in [2.24, 2.45) is 5.73 Å². The van der Waals surface area contributed by atoms with Gasteiger partial charge in [0.05, 0.1) is 0 Å². The number of nitrogens with two attached hydrogens (primary N) is 1. The Kier molecular flexibility index (Phi) is 3.44. The minimum atomic E-state index is -0.262. The van der Waals surface area contributed by atoms with Gasteiger partial charge in [-0.1, -0.05) is 25.8 Å². The first-order valence-corrected chi connectivity index (χ1v) is 5.92. The van der Waals surface area contributed by atoms with Crippen LogP contribution in [0.1, 0.15) is 44.2 Å². The molecule has 1 unspecified atom stereocenters. The molecule has 0 radical (unpaired) electrons. The number of hydrogen-bond acceptors (Lipinski definition) is 2. The van der Waals surface area contributed by atoms with Crippen molar-refractivity contribution in [3.05, 3.63) is 29.6 Å². The molecule has 2 atom stereocenters. The van der Waals surface area contributed by atoms with E-state index < -0.39 is 0 Å². The molecule has 0 saturated heterocycles. The summed E-state index contributed by atoms with van der Waals surface area (Å²) in [5, 5.41) is 0. The highest BCUT2D eigenvalue weighted by Crippen LogP contribution is 2.35. The molecule has 2 nitrogen and oxygen atoms in total. The summed E-state index contributed by atoms with van der Waals surface area (Å²) in [6, 6.07) is 4.58. The average Bonchev–Trinajstić information content (AvgIpc) is 2.25. The second-order valence-corrected chi connectivity index (χ2v) is 4.41. The molecule has 16 heavy (non-hydrogen) atoms. The fourth-order valence-electron chi connectivity index (χ4n) is 2.16. The zero-order chi connectivity index (χ0) is 11.5. The Morgan fingerprint density at radius 2 is 2.31 bits per heavy atom. The lowest BCUT2D eigenvalue weighted by atomic mass is 9.95. The second-order valence-electron chi connectivity index (χ2n) is 4.41. The standard InChI is InChI=1S/C13H18FNO/c1-2-3-4-10-8-12(15)11-6-5-9(14)7-13(11)16-10/h5-7,10,12H,2-4,8,15H2,1H3/t10?,12-/m0/s1. The summed E-state index contributed by atoms with van der Waals surface area (Å²) < 4.78 is 18.8. The quantitative estimate of drug-likeness (QED) is 0.854. The van der Waals surface area contributed by atoms with Gasteiger partial charge in [0.25, 0.3) is 0 Å². The van der Waals surface area contributed by atoms with Gasteiger partial charge in [-0.05, 0) is 12.5 Å². The second kappa shape index (κ2) is 4.83. The van der Waals surface area contributed by atoms with Gasteiger partial charge in [-0.2, -0.15) is 0 Å². The van der Waals surface area contributed by atoms with Crippen LogP contribution in [0, 0.1) is 5.82 Å². The predicted octanol–water partition coefficient (Wildman–Crippen LogP) is 3.17. The van der Waals surface area contributed by atoms with E-state index in [0.717, 1.165) is 31.2 Å². The number of fused-ring (bicyclic) bond motifs is 1. The van der Waals surface area contributed by atoms with E-state index in [9.17, 15) is 4.39 Å². The van der Waals surface area contributed by atoms with Crippen LogP contribution in [-0.4, -0.2) is 6.10 Å². The number of ether oxygens (including phenoxy) is 1. The first kappa shape index (κ1) is 11.4. The van der Waals surface area contributed by atoms with E-state index >= 15 is 0 Å². The average molecular weight is 223 g/mol. The molecule has 3 heteroatoms. The summed E-state index contributed by atoms with van der Waals surface area (Å²) >= 11 is 0. The Bertz CT molecular complexity index is 367. The molecule has 0 aliphatic carbocycles. The highest BCUT2D eigenvalue weighted by atomic mass is 19.1. The van der Waals surface area contributed by atoms with Crippen LogP contribution in [0.25, 0.3) is 0 Å². The molecule has 0 bridgehead atoms. The summed E-state index contributed by atoms with van der Waals surface area (Å²) in [5.41, 5.74) is 6.98. The van der Waals surface area contributed by atoms with Gasteiger partial charge in [-0.15, -0.1) is 0 Å². The minimum absolute atomic E-state index is 0.0220. The molecule has 0 aromatic heterocycles. The van der Waals surface area contributed by atoms with Gasteiger partial charge >= 0.3 is 0 Å². The SMILES string of the molecule is CCCCC1C[C@H](N)c2ccc(F)cc2O1. The van der Waals surface area contributed by atoms with E-state index in [0.29, 0.717) is 5.75 Å². The molecule has 1 heterocycles. The van der Waals surface area contributed by atoms with Crippen LogP contribution in [0.4, 0.5) is 4.39 Å². The van der Waals surface area contributed by atoms with Crippen LogP contribution < -0.4 is 10.5 Å². The van der Waals surface area contributed by atoms with Gasteiger partial charge < -0.3 is 10.5 Å². The molecular weight excluding hydrogens is 205 g/mol. The summed E-state index contributed by atoms with van der Waals surface area (Å²) in [7, 11) is 0. The largest absolute Gasteiger partial charge is 0.490 e. The Hall–Kier alpha value is -1.09. The molecule has 2 N–H and O–H groups in total. The topological polar surface area (TPSA) is 35.2 Å². The third-order valence-corrected chi connectivity index (χ3v) is 3.07. The van der Waals surface area contributed by atoms with Crippen molar-refractivity contribution in [2.45, 2.75) is 44.8 Å². The van der Waals surface area contributed by atoms with Crippen LogP contribution in [0.15, 0.2) is 18.2 Å². The lowest BCUT2D eigenvalue weighted by Gasteiger charge is -2.30. The molecule has 0 amide bonds. The maximum absolute atomic E-state index is 13.1. The molecule has 88 valence electrons. The third-order valence-electron chi connectivity index (χ3n) is 3.07. The van der Waals surface area contributed by atoms with E-state index in [-0.39, 0.29) is 18.0 Å². The Morgan fingerprint density at radius 1 is 1.50 bits per heavy atom. The monoisotopic (exact) mass is 223 g/mol.